The Balaban J connectivity index is 1.85. The molecule has 1 aliphatic rings. The molecule has 1 fully saturated rings. The van der Waals surface area contributed by atoms with E-state index in [9.17, 15) is 4.79 Å². The van der Waals surface area contributed by atoms with Crippen molar-refractivity contribution in [3.05, 3.63) is 5.82 Å². The summed E-state index contributed by atoms with van der Waals surface area (Å²) in [6.07, 6.45) is -0.294. The predicted molar refractivity (Wildman–Crippen MR) is 51.6 cm³/mol. The fourth-order valence-electron chi connectivity index (χ4n) is 1.25. The number of anilines is 1. The fraction of sp³-hybridized carbons (Fsp3) is 0.625. The van der Waals surface area contributed by atoms with Crippen LogP contribution in [0.15, 0.2) is 0 Å². The maximum atomic E-state index is 11.4. The number of ether oxygens (including phenoxy) is 1. The van der Waals surface area contributed by atoms with Gasteiger partial charge in [0.1, 0.15) is 0 Å². The molecule has 1 aromatic rings. The van der Waals surface area contributed by atoms with Crippen LogP contribution < -0.4 is 11.1 Å². The van der Waals surface area contributed by atoms with Crippen molar-refractivity contribution < 1.29 is 9.53 Å². The number of amides is 1. The molecular weight excluding hydrogens is 198 g/mol. The molecule has 2 heterocycles. The van der Waals surface area contributed by atoms with Crippen LogP contribution in [0.1, 0.15) is 12.7 Å². The molecule has 0 aliphatic carbocycles. The lowest BCUT2D eigenvalue weighted by molar-refractivity contribution is -0.122. The lowest BCUT2D eigenvalue weighted by Crippen LogP contribution is -2.28. The van der Waals surface area contributed by atoms with Crippen LogP contribution in [0, 0.1) is 0 Å². The predicted octanol–water partition coefficient (Wildman–Crippen LogP) is -1.20. The molecule has 0 radical (unpaired) electrons. The Bertz CT molecular complexity index is 369. The summed E-state index contributed by atoms with van der Waals surface area (Å²) in [6.45, 7) is 2.12. The minimum atomic E-state index is -0.314. The van der Waals surface area contributed by atoms with Crippen LogP contribution in [0.25, 0.3) is 0 Å². The van der Waals surface area contributed by atoms with E-state index < -0.39 is 0 Å². The third-order valence-electron chi connectivity index (χ3n) is 2.23. The minimum Gasteiger partial charge on any atom is -0.368 e. The maximum absolute atomic E-state index is 11.4. The Morgan fingerprint density at radius 2 is 2.40 bits per heavy atom. The summed E-state index contributed by atoms with van der Waals surface area (Å²) >= 11 is 0. The second-order valence-corrected chi connectivity index (χ2v) is 3.49. The molecule has 1 amide bonds. The van der Waals surface area contributed by atoms with Gasteiger partial charge >= 0.3 is 0 Å². The molecule has 0 saturated carbocycles. The molecule has 7 nitrogen and oxygen atoms in total. The van der Waals surface area contributed by atoms with E-state index in [-0.39, 0.29) is 24.7 Å². The first kappa shape index (κ1) is 9.91. The van der Waals surface area contributed by atoms with Crippen LogP contribution in [0.3, 0.4) is 0 Å². The highest BCUT2D eigenvalue weighted by Gasteiger charge is 2.40. The summed E-state index contributed by atoms with van der Waals surface area (Å²) in [6, 6.07) is 0. The standard InChI is InChI=1S/C8H13N5O2/c1-4-6(15-4)7(14)10-3-5-11-8(9)13(2)12-5/h4,6H,3H2,1-2H3,(H,10,14)(H2,9,11,12)/t4-,6+/m0/s1. The van der Waals surface area contributed by atoms with Crippen LogP contribution in [0.5, 0.6) is 0 Å². The van der Waals surface area contributed by atoms with Gasteiger partial charge in [0.2, 0.25) is 5.95 Å². The first-order valence-corrected chi connectivity index (χ1v) is 4.66. The molecule has 2 rings (SSSR count). The molecule has 0 bridgehead atoms. The Morgan fingerprint density at radius 1 is 1.73 bits per heavy atom. The molecule has 15 heavy (non-hydrogen) atoms. The number of aryl methyl sites for hydroxylation is 1. The number of hydrogen-bond donors (Lipinski definition) is 2. The number of carbonyl (C=O) groups is 1. The normalized spacial score (nSPS) is 23.9. The van der Waals surface area contributed by atoms with E-state index in [1.165, 1.54) is 4.68 Å². The summed E-state index contributed by atoms with van der Waals surface area (Å²) in [5.74, 6) is 0.695. The van der Waals surface area contributed by atoms with E-state index >= 15 is 0 Å². The smallest absolute Gasteiger partial charge is 0.252 e. The number of aromatic nitrogens is 3. The molecule has 1 saturated heterocycles. The van der Waals surface area contributed by atoms with Gasteiger partial charge in [0.25, 0.3) is 5.91 Å². The van der Waals surface area contributed by atoms with E-state index in [4.69, 9.17) is 10.5 Å². The number of nitrogen functional groups attached to an aromatic ring is 1. The largest absolute Gasteiger partial charge is 0.368 e. The zero-order chi connectivity index (χ0) is 11.0. The quantitative estimate of drug-likeness (QED) is 0.612. The second kappa shape index (κ2) is 3.50. The SMILES string of the molecule is C[C@@H]1O[C@H]1C(=O)NCc1nc(N)n(C)n1. The highest BCUT2D eigenvalue weighted by Crippen LogP contribution is 2.20. The number of carbonyl (C=O) groups excluding carboxylic acids is 1. The molecular formula is C8H13N5O2. The molecule has 2 atom stereocenters. The van der Waals surface area contributed by atoms with Crippen molar-refractivity contribution in [2.45, 2.75) is 25.7 Å². The van der Waals surface area contributed by atoms with Crippen molar-refractivity contribution in [1.29, 1.82) is 0 Å². The highest BCUT2D eigenvalue weighted by molar-refractivity contribution is 5.83. The molecule has 0 spiro atoms. The van der Waals surface area contributed by atoms with Gasteiger partial charge in [-0.1, -0.05) is 0 Å². The zero-order valence-electron chi connectivity index (χ0n) is 8.60. The van der Waals surface area contributed by atoms with Crippen LogP contribution in [0.2, 0.25) is 0 Å². The van der Waals surface area contributed by atoms with Crippen LogP contribution >= 0.6 is 0 Å². The first-order chi connectivity index (χ1) is 7.08. The third kappa shape index (κ3) is 2.07. The number of hydrogen-bond acceptors (Lipinski definition) is 5. The average molecular weight is 211 g/mol. The Morgan fingerprint density at radius 3 is 2.87 bits per heavy atom. The number of rotatable bonds is 3. The van der Waals surface area contributed by atoms with Crippen molar-refractivity contribution in [3.8, 4) is 0 Å². The van der Waals surface area contributed by atoms with Crippen molar-refractivity contribution >= 4 is 11.9 Å². The van der Waals surface area contributed by atoms with Gasteiger partial charge < -0.3 is 15.8 Å². The van der Waals surface area contributed by atoms with Gasteiger partial charge in [0.05, 0.1) is 12.6 Å². The Labute approximate surface area is 86.6 Å². The monoisotopic (exact) mass is 211 g/mol. The van der Waals surface area contributed by atoms with E-state index in [0.29, 0.717) is 11.8 Å². The average Bonchev–Trinajstić information content (AvgIpc) is 2.82. The van der Waals surface area contributed by atoms with Crippen LogP contribution in [-0.4, -0.2) is 32.9 Å². The summed E-state index contributed by atoms with van der Waals surface area (Å²) in [4.78, 5) is 15.3. The van der Waals surface area contributed by atoms with Gasteiger partial charge in [0, 0.05) is 7.05 Å². The topological polar surface area (TPSA) is 98.4 Å². The van der Waals surface area contributed by atoms with Gasteiger partial charge in [-0.05, 0) is 6.92 Å². The molecule has 7 heteroatoms. The van der Waals surface area contributed by atoms with Gasteiger partial charge in [0.15, 0.2) is 11.9 Å². The lowest BCUT2D eigenvalue weighted by Gasteiger charge is -1.97. The fourth-order valence-corrected chi connectivity index (χ4v) is 1.25. The minimum absolute atomic E-state index is 0.0201. The van der Waals surface area contributed by atoms with Crippen LogP contribution in [-0.2, 0) is 23.1 Å². The first-order valence-electron chi connectivity index (χ1n) is 4.66. The van der Waals surface area contributed by atoms with Crippen molar-refractivity contribution in [1.82, 2.24) is 20.1 Å². The van der Waals surface area contributed by atoms with E-state index in [1.807, 2.05) is 6.92 Å². The van der Waals surface area contributed by atoms with Crippen molar-refractivity contribution in [3.63, 3.8) is 0 Å². The molecule has 1 aromatic heterocycles. The number of nitrogens with zero attached hydrogens (tertiary/aromatic N) is 3. The van der Waals surface area contributed by atoms with Gasteiger partial charge in [-0.25, -0.2) is 4.68 Å². The number of nitrogens with two attached hydrogens (primary N) is 1. The molecule has 0 unspecified atom stereocenters. The number of epoxide rings is 1. The van der Waals surface area contributed by atoms with Gasteiger partial charge in [-0.3, -0.25) is 4.79 Å². The second-order valence-electron chi connectivity index (χ2n) is 3.49. The molecule has 3 N–H and O–H groups in total. The van der Waals surface area contributed by atoms with Gasteiger partial charge in [-0.15, -0.1) is 0 Å². The lowest BCUT2D eigenvalue weighted by atomic mass is 10.3. The Hall–Kier alpha value is -1.63. The zero-order valence-corrected chi connectivity index (χ0v) is 8.60. The van der Waals surface area contributed by atoms with Crippen LogP contribution in [0.4, 0.5) is 5.95 Å². The van der Waals surface area contributed by atoms with Crippen molar-refractivity contribution in [2.75, 3.05) is 5.73 Å². The maximum Gasteiger partial charge on any atom is 0.252 e. The molecule has 0 aromatic carbocycles. The summed E-state index contributed by atoms with van der Waals surface area (Å²) < 4.78 is 6.47. The molecule has 82 valence electrons. The summed E-state index contributed by atoms with van der Waals surface area (Å²) in [5, 5.41) is 6.68. The van der Waals surface area contributed by atoms with Crippen molar-refractivity contribution in [2.24, 2.45) is 7.05 Å². The molecule has 1 aliphatic heterocycles. The van der Waals surface area contributed by atoms with E-state index in [2.05, 4.69) is 15.4 Å². The summed E-state index contributed by atoms with van der Waals surface area (Å²) in [7, 11) is 1.69. The highest BCUT2D eigenvalue weighted by atomic mass is 16.6. The third-order valence-corrected chi connectivity index (χ3v) is 2.23. The Kier molecular flexibility index (Phi) is 2.31. The number of nitrogens with one attached hydrogen (secondary N) is 1. The summed E-state index contributed by atoms with van der Waals surface area (Å²) in [5.41, 5.74) is 5.49. The van der Waals surface area contributed by atoms with E-state index in [1.54, 1.807) is 7.05 Å². The van der Waals surface area contributed by atoms with Gasteiger partial charge in [-0.2, -0.15) is 10.1 Å². The van der Waals surface area contributed by atoms with E-state index in [0.717, 1.165) is 0 Å².